The predicted octanol–water partition coefficient (Wildman–Crippen LogP) is 6.61. The molecular formula is C26H23BrCl2N2O4. The van der Waals surface area contributed by atoms with Crippen molar-refractivity contribution in [1.29, 1.82) is 0 Å². The van der Waals surface area contributed by atoms with Gasteiger partial charge in [0.1, 0.15) is 12.6 Å². The zero-order chi connectivity index (χ0) is 24.9. The van der Waals surface area contributed by atoms with E-state index in [2.05, 4.69) is 26.2 Å². The molecule has 1 aromatic heterocycles. The summed E-state index contributed by atoms with van der Waals surface area (Å²) in [5.41, 5.74) is 3.44. The second-order valence-electron chi connectivity index (χ2n) is 7.93. The number of halogens is 3. The van der Waals surface area contributed by atoms with Gasteiger partial charge < -0.3 is 24.9 Å². The van der Waals surface area contributed by atoms with Gasteiger partial charge in [0.15, 0.2) is 11.5 Å². The number of aromatic nitrogens is 1. The maximum absolute atomic E-state index is 12.0. The molecule has 35 heavy (non-hydrogen) atoms. The van der Waals surface area contributed by atoms with Crippen molar-refractivity contribution >= 4 is 56.0 Å². The van der Waals surface area contributed by atoms with E-state index in [1.807, 2.05) is 42.6 Å². The van der Waals surface area contributed by atoms with E-state index in [1.54, 1.807) is 25.3 Å². The van der Waals surface area contributed by atoms with Crippen molar-refractivity contribution in [3.8, 4) is 11.5 Å². The first-order valence-corrected chi connectivity index (χ1v) is 12.4. The van der Waals surface area contributed by atoms with Crippen molar-refractivity contribution in [1.82, 2.24) is 10.3 Å². The summed E-state index contributed by atoms with van der Waals surface area (Å²) in [7, 11) is 1.55. The summed E-state index contributed by atoms with van der Waals surface area (Å²) in [4.78, 5) is 15.1. The monoisotopic (exact) mass is 576 g/mol. The summed E-state index contributed by atoms with van der Waals surface area (Å²) in [5.74, 6) is 0.0848. The molecule has 0 aliphatic rings. The average Bonchev–Trinajstić information content (AvgIpc) is 3.24. The van der Waals surface area contributed by atoms with Crippen LogP contribution < -0.4 is 14.8 Å². The van der Waals surface area contributed by atoms with E-state index < -0.39 is 12.0 Å². The third-order valence-corrected chi connectivity index (χ3v) is 6.96. The predicted molar refractivity (Wildman–Crippen MR) is 142 cm³/mol. The molecule has 6 nitrogen and oxygen atoms in total. The molecule has 0 saturated carbocycles. The Morgan fingerprint density at radius 1 is 1.14 bits per heavy atom. The number of ether oxygens (including phenoxy) is 2. The first kappa shape index (κ1) is 25.4. The van der Waals surface area contributed by atoms with Crippen LogP contribution in [0.5, 0.6) is 11.5 Å². The first-order chi connectivity index (χ1) is 16.9. The smallest absolute Gasteiger partial charge is 0.321 e. The highest BCUT2D eigenvalue weighted by molar-refractivity contribution is 9.10. The highest BCUT2D eigenvalue weighted by atomic mass is 79.9. The van der Waals surface area contributed by atoms with Crippen LogP contribution in [0.3, 0.4) is 0 Å². The SMILES string of the molecule is COc1cc(CN[C@H](Cc2c[nH]c3ccccc23)C(=O)O)cc(Br)c1OCc1c(Cl)cccc1Cl. The number of H-pyrrole nitrogens is 1. The number of benzene rings is 3. The highest BCUT2D eigenvalue weighted by Crippen LogP contribution is 2.38. The number of nitrogens with one attached hydrogen (secondary N) is 2. The summed E-state index contributed by atoms with van der Waals surface area (Å²) >= 11 is 16.0. The van der Waals surface area contributed by atoms with Gasteiger partial charge in [-0.3, -0.25) is 4.79 Å². The summed E-state index contributed by atoms with van der Waals surface area (Å²) < 4.78 is 12.2. The molecule has 9 heteroatoms. The summed E-state index contributed by atoms with van der Waals surface area (Å²) in [5, 5.41) is 15.0. The van der Waals surface area contributed by atoms with Crippen molar-refractivity contribution in [3.05, 3.63) is 92.0 Å². The topological polar surface area (TPSA) is 83.6 Å². The molecule has 0 radical (unpaired) electrons. The van der Waals surface area contributed by atoms with E-state index in [1.165, 1.54) is 0 Å². The van der Waals surface area contributed by atoms with Gasteiger partial charge in [0.05, 0.1) is 11.6 Å². The minimum atomic E-state index is -0.919. The molecule has 1 atom stereocenters. The van der Waals surface area contributed by atoms with E-state index in [0.717, 1.165) is 22.0 Å². The first-order valence-electron chi connectivity index (χ1n) is 10.8. The number of fused-ring (bicyclic) bond motifs is 1. The number of para-hydroxylation sites is 1. The fourth-order valence-corrected chi connectivity index (χ4v) is 4.95. The van der Waals surface area contributed by atoms with Crippen molar-refractivity contribution < 1.29 is 19.4 Å². The summed E-state index contributed by atoms with van der Waals surface area (Å²) in [6, 6.07) is 16.0. The molecule has 0 unspecified atom stereocenters. The molecule has 4 aromatic rings. The summed E-state index contributed by atoms with van der Waals surface area (Å²) in [6.45, 7) is 0.488. The Morgan fingerprint density at radius 2 is 1.89 bits per heavy atom. The lowest BCUT2D eigenvalue weighted by atomic mass is 10.0. The molecule has 0 aliphatic carbocycles. The quantitative estimate of drug-likeness (QED) is 0.197. The minimum Gasteiger partial charge on any atom is -0.493 e. The second kappa shape index (κ2) is 11.4. The fraction of sp³-hybridized carbons (Fsp3) is 0.192. The van der Waals surface area contributed by atoms with Gasteiger partial charge in [0.2, 0.25) is 0 Å². The molecule has 3 N–H and O–H groups in total. The van der Waals surface area contributed by atoms with E-state index >= 15 is 0 Å². The number of carboxylic acids is 1. The van der Waals surface area contributed by atoms with Crippen LogP contribution in [0.4, 0.5) is 0 Å². The Hall–Kier alpha value is -2.71. The number of aromatic amines is 1. The number of hydrogen-bond acceptors (Lipinski definition) is 4. The van der Waals surface area contributed by atoms with Crippen LogP contribution in [0.25, 0.3) is 10.9 Å². The van der Waals surface area contributed by atoms with Crippen LogP contribution in [0.2, 0.25) is 10.0 Å². The van der Waals surface area contributed by atoms with Crippen LogP contribution in [0, 0.1) is 0 Å². The third-order valence-electron chi connectivity index (χ3n) is 5.66. The van der Waals surface area contributed by atoms with Gasteiger partial charge in [-0.25, -0.2) is 0 Å². The zero-order valence-corrected chi connectivity index (χ0v) is 21.9. The van der Waals surface area contributed by atoms with Crippen molar-refractivity contribution in [2.24, 2.45) is 0 Å². The molecule has 0 spiro atoms. The summed E-state index contributed by atoms with van der Waals surface area (Å²) in [6.07, 6.45) is 2.21. The molecule has 0 amide bonds. The van der Waals surface area contributed by atoms with Gasteiger partial charge in [-0.15, -0.1) is 0 Å². The lowest BCUT2D eigenvalue weighted by Gasteiger charge is -2.17. The van der Waals surface area contributed by atoms with Crippen LogP contribution in [-0.2, 0) is 24.4 Å². The number of aliphatic carboxylic acids is 1. The number of rotatable bonds is 10. The number of methoxy groups -OCH3 is 1. The maximum Gasteiger partial charge on any atom is 0.321 e. The van der Waals surface area contributed by atoms with Crippen LogP contribution in [-0.4, -0.2) is 29.2 Å². The molecule has 0 bridgehead atoms. The molecule has 1 heterocycles. The Morgan fingerprint density at radius 3 is 2.60 bits per heavy atom. The fourth-order valence-electron chi connectivity index (χ4n) is 3.84. The molecule has 0 saturated heterocycles. The highest BCUT2D eigenvalue weighted by Gasteiger charge is 2.20. The van der Waals surface area contributed by atoms with Crippen LogP contribution in [0.1, 0.15) is 16.7 Å². The Kier molecular flexibility index (Phi) is 8.23. The van der Waals surface area contributed by atoms with Crippen molar-refractivity contribution in [3.63, 3.8) is 0 Å². The third kappa shape index (κ3) is 5.93. The van der Waals surface area contributed by atoms with E-state index in [9.17, 15) is 9.90 Å². The largest absolute Gasteiger partial charge is 0.493 e. The Balaban J connectivity index is 1.47. The lowest BCUT2D eigenvalue weighted by Crippen LogP contribution is -2.38. The Labute approximate surface area is 221 Å². The lowest BCUT2D eigenvalue weighted by molar-refractivity contribution is -0.139. The molecule has 3 aromatic carbocycles. The van der Waals surface area contributed by atoms with Gasteiger partial charge >= 0.3 is 5.97 Å². The van der Waals surface area contributed by atoms with Gasteiger partial charge in [-0.05, 0) is 57.4 Å². The molecule has 0 aliphatic heterocycles. The van der Waals surface area contributed by atoms with E-state index in [4.69, 9.17) is 32.7 Å². The van der Waals surface area contributed by atoms with E-state index in [0.29, 0.717) is 44.5 Å². The minimum absolute atomic E-state index is 0.163. The molecule has 0 fully saturated rings. The maximum atomic E-state index is 12.0. The zero-order valence-electron chi connectivity index (χ0n) is 18.8. The Bertz CT molecular complexity index is 1340. The second-order valence-corrected chi connectivity index (χ2v) is 9.60. The number of carbonyl (C=O) groups is 1. The van der Waals surface area contributed by atoms with Crippen LogP contribution >= 0.6 is 39.1 Å². The van der Waals surface area contributed by atoms with Crippen LogP contribution in [0.15, 0.2) is 65.3 Å². The molecular weight excluding hydrogens is 555 g/mol. The standard InChI is InChI=1S/C26H23BrCl2N2O4/c1-34-24-10-15(9-19(27)25(24)35-14-18-20(28)6-4-7-21(18)29)12-30-23(26(32)33)11-16-13-31-22-8-3-2-5-17(16)22/h2-10,13,23,30-31H,11-12,14H2,1H3,(H,32,33)/t23-/m1/s1. The van der Waals surface area contributed by atoms with Gasteiger partial charge in [-0.2, -0.15) is 0 Å². The normalized spacial score (nSPS) is 12.0. The van der Waals surface area contributed by atoms with Crippen molar-refractivity contribution in [2.45, 2.75) is 25.6 Å². The van der Waals surface area contributed by atoms with Gasteiger partial charge in [0.25, 0.3) is 0 Å². The molecule has 4 rings (SSSR count). The van der Waals surface area contributed by atoms with Crippen molar-refractivity contribution in [2.75, 3.05) is 7.11 Å². The molecule has 182 valence electrons. The number of carboxylic acid groups (broad SMARTS) is 1. The van der Waals surface area contributed by atoms with Gasteiger partial charge in [-0.1, -0.05) is 47.5 Å². The van der Waals surface area contributed by atoms with Gasteiger partial charge in [0, 0.05) is 45.7 Å². The number of hydrogen-bond donors (Lipinski definition) is 3. The van der Waals surface area contributed by atoms with E-state index in [-0.39, 0.29) is 6.61 Å². The average molecular weight is 578 g/mol.